The second-order valence-electron chi connectivity index (χ2n) is 6.21. The van der Waals surface area contributed by atoms with Gasteiger partial charge in [-0.15, -0.1) is 0 Å². The highest BCUT2D eigenvalue weighted by atomic mass is 32.2. The van der Waals surface area contributed by atoms with E-state index in [0.29, 0.717) is 17.9 Å². The Morgan fingerprint density at radius 2 is 2.25 bits per heavy atom. The van der Waals surface area contributed by atoms with Gasteiger partial charge in [0.25, 0.3) is 5.91 Å². The van der Waals surface area contributed by atoms with E-state index in [-0.39, 0.29) is 18.0 Å². The van der Waals surface area contributed by atoms with Gasteiger partial charge in [-0.25, -0.2) is 9.07 Å². The Balaban J connectivity index is 1.74. The summed E-state index contributed by atoms with van der Waals surface area (Å²) in [6.45, 7) is 3.87. The predicted octanol–water partition coefficient (Wildman–Crippen LogP) is 2.23. The summed E-state index contributed by atoms with van der Waals surface area (Å²) in [6, 6.07) is 6.18. The van der Waals surface area contributed by atoms with Gasteiger partial charge in [0, 0.05) is 23.6 Å². The number of carbonyl (C=O) groups excluding carboxylic acids is 1. The van der Waals surface area contributed by atoms with Gasteiger partial charge in [0.1, 0.15) is 11.5 Å². The minimum absolute atomic E-state index is 0.180. The van der Waals surface area contributed by atoms with E-state index in [1.807, 2.05) is 19.9 Å². The van der Waals surface area contributed by atoms with Gasteiger partial charge in [-0.05, 0) is 50.3 Å². The van der Waals surface area contributed by atoms with Crippen molar-refractivity contribution in [3.8, 4) is 5.69 Å². The van der Waals surface area contributed by atoms with Crippen molar-refractivity contribution in [3.63, 3.8) is 0 Å². The van der Waals surface area contributed by atoms with Gasteiger partial charge < -0.3 is 10.4 Å². The molecule has 128 valence electrons. The molecular formula is C17H20FN3O2S. The van der Waals surface area contributed by atoms with E-state index in [2.05, 4.69) is 10.4 Å². The summed E-state index contributed by atoms with van der Waals surface area (Å²) in [6.07, 6.45) is 0.656. The SMILES string of the molecule is Cc1cc(C)n(-c2ccc(C(=O)NCC3(O)CCSC3)cc2F)n1. The fourth-order valence-electron chi connectivity index (χ4n) is 2.78. The molecule has 0 bridgehead atoms. The molecule has 7 heteroatoms. The van der Waals surface area contributed by atoms with Crippen LogP contribution in [0.4, 0.5) is 4.39 Å². The van der Waals surface area contributed by atoms with Crippen molar-refractivity contribution in [2.24, 2.45) is 0 Å². The van der Waals surface area contributed by atoms with Crippen LogP contribution in [0.25, 0.3) is 5.69 Å². The molecule has 0 aliphatic carbocycles. The first-order chi connectivity index (χ1) is 11.4. The largest absolute Gasteiger partial charge is 0.387 e. The number of aryl methyl sites for hydroxylation is 2. The number of hydrogen-bond acceptors (Lipinski definition) is 4. The zero-order valence-corrected chi connectivity index (χ0v) is 14.5. The van der Waals surface area contributed by atoms with Gasteiger partial charge in [0.05, 0.1) is 11.3 Å². The maximum atomic E-state index is 14.4. The van der Waals surface area contributed by atoms with Crippen LogP contribution in [0.5, 0.6) is 0 Å². The maximum absolute atomic E-state index is 14.4. The fourth-order valence-corrected chi connectivity index (χ4v) is 4.07. The van der Waals surface area contributed by atoms with Gasteiger partial charge in [-0.3, -0.25) is 4.79 Å². The van der Waals surface area contributed by atoms with E-state index >= 15 is 0 Å². The molecule has 1 aromatic carbocycles. The molecular weight excluding hydrogens is 329 g/mol. The lowest BCUT2D eigenvalue weighted by Crippen LogP contribution is -2.42. The standard InChI is InChI=1S/C17H20FN3O2S/c1-11-7-12(2)21(20-11)15-4-3-13(8-14(15)18)16(22)19-9-17(23)5-6-24-10-17/h3-4,7-8,23H,5-6,9-10H2,1-2H3,(H,19,22). The lowest BCUT2D eigenvalue weighted by molar-refractivity contribution is 0.0612. The molecule has 1 unspecified atom stereocenters. The van der Waals surface area contributed by atoms with Crippen LogP contribution in [0, 0.1) is 19.7 Å². The van der Waals surface area contributed by atoms with Crippen LogP contribution in [0.1, 0.15) is 28.2 Å². The van der Waals surface area contributed by atoms with E-state index in [1.165, 1.54) is 10.7 Å². The van der Waals surface area contributed by atoms with Gasteiger partial charge in [-0.2, -0.15) is 16.9 Å². The van der Waals surface area contributed by atoms with Crippen molar-refractivity contribution < 1.29 is 14.3 Å². The molecule has 1 aromatic heterocycles. The van der Waals surface area contributed by atoms with Gasteiger partial charge >= 0.3 is 0 Å². The third-order valence-corrected chi connectivity index (χ3v) is 5.34. The highest BCUT2D eigenvalue weighted by Crippen LogP contribution is 2.27. The number of benzene rings is 1. The predicted molar refractivity (Wildman–Crippen MR) is 92.2 cm³/mol. The first-order valence-electron chi connectivity index (χ1n) is 7.79. The highest BCUT2D eigenvalue weighted by molar-refractivity contribution is 7.99. The number of hydrogen-bond donors (Lipinski definition) is 2. The maximum Gasteiger partial charge on any atom is 0.251 e. The first kappa shape index (κ1) is 17.0. The number of rotatable bonds is 4. The third-order valence-electron chi connectivity index (χ3n) is 4.11. The fraction of sp³-hybridized carbons (Fsp3) is 0.412. The second kappa shape index (κ2) is 6.57. The van der Waals surface area contributed by atoms with Crippen LogP contribution in [0.15, 0.2) is 24.3 Å². The van der Waals surface area contributed by atoms with Crippen molar-refractivity contribution in [1.82, 2.24) is 15.1 Å². The molecule has 24 heavy (non-hydrogen) atoms. The Bertz CT molecular complexity index is 769. The van der Waals surface area contributed by atoms with Crippen molar-refractivity contribution in [1.29, 1.82) is 0 Å². The molecule has 1 amide bonds. The number of amides is 1. The summed E-state index contributed by atoms with van der Waals surface area (Å²) in [4.78, 5) is 12.2. The van der Waals surface area contributed by atoms with E-state index in [1.54, 1.807) is 23.9 Å². The van der Waals surface area contributed by atoms with E-state index in [0.717, 1.165) is 17.1 Å². The molecule has 1 fully saturated rings. The number of aliphatic hydroxyl groups is 1. The van der Waals surface area contributed by atoms with Crippen LogP contribution < -0.4 is 5.32 Å². The van der Waals surface area contributed by atoms with Gasteiger partial charge in [0.2, 0.25) is 0 Å². The van der Waals surface area contributed by atoms with E-state index in [9.17, 15) is 14.3 Å². The number of nitrogens with zero attached hydrogens (tertiary/aromatic N) is 2. The number of aromatic nitrogens is 2. The quantitative estimate of drug-likeness (QED) is 0.888. The van der Waals surface area contributed by atoms with Crippen LogP contribution in [-0.4, -0.2) is 44.4 Å². The molecule has 1 atom stereocenters. The highest BCUT2D eigenvalue weighted by Gasteiger charge is 2.32. The topological polar surface area (TPSA) is 67.2 Å². The molecule has 2 N–H and O–H groups in total. The Morgan fingerprint density at radius 1 is 1.46 bits per heavy atom. The monoisotopic (exact) mass is 349 g/mol. The van der Waals surface area contributed by atoms with Crippen molar-refractivity contribution in [2.45, 2.75) is 25.9 Å². The van der Waals surface area contributed by atoms with Gasteiger partial charge in [0.15, 0.2) is 0 Å². The third kappa shape index (κ3) is 3.47. The molecule has 5 nitrogen and oxygen atoms in total. The van der Waals surface area contributed by atoms with Crippen LogP contribution in [0.3, 0.4) is 0 Å². The summed E-state index contributed by atoms with van der Waals surface area (Å²) in [5, 5.41) is 17.2. The average Bonchev–Trinajstić information content (AvgIpc) is 3.11. The molecule has 0 saturated carbocycles. The Hall–Kier alpha value is -1.86. The van der Waals surface area contributed by atoms with Crippen LogP contribution in [0.2, 0.25) is 0 Å². The van der Waals surface area contributed by atoms with E-state index < -0.39 is 11.4 Å². The Morgan fingerprint density at radius 3 is 2.83 bits per heavy atom. The molecule has 0 radical (unpaired) electrons. The summed E-state index contributed by atoms with van der Waals surface area (Å²) in [5.41, 5.74) is 1.30. The molecule has 2 heterocycles. The lowest BCUT2D eigenvalue weighted by Gasteiger charge is -2.21. The molecule has 1 aliphatic rings. The zero-order valence-electron chi connectivity index (χ0n) is 13.7. The normalized spacial score (nSPS) is 20.3. The minimum atomic E-state index is -0.859. The van der Waals surface area contributed by atoms with Crippen molar-refractivity contribution >= 4 is 17.7 Å². The molecule has 2 aromatic rings. The second-order valence-corrected chi connectivity index (χ2v) is 7.32. The zero-order chi connectivity index (χ0) is 17.3. The minimum Gasteiger partial charge on any atom is -0.387 e. The van der Waals surface area contributed by atoms with E-state index in [4.69, 9.17) is 0 Å². The molecule has 1 saturated heterocycles. The van der Waals surface area contributed by atoms with Crippen molar-refractivity contribution in [2.75, 3.05) is 18.1 Å². The number of carbonyl (C=O) groups is 1. The summed E-state index contributed by atoms with van der Waals surface area (Å²) < 4.78 is 15.9. The van der Waals surface area contributed by atoms with Gasteiger partial charge in [-0.1, -0.05) is 0 Å². The van der Waals surface area contributed by atoms with Crippen LogP contribution in [-0.2, 0) is 0 Å². The smallest absolute Gasteiger partial charge is 0.251 e. The number of halogens is 1. The molecule has 0 spiro atoms. The average molecular weight is 349 g/mol. The summed E-state index contributed by atoms with van der Waals surface area (Å²) in [5.74, 6) is 0.597. The number of thioether (sulfide) groups is 1. The van der Waals surface area contributed by atoms with Crippen LogP contribution >= 0.6 is 11.8 Å². The molecule has 1 aliphatic heterocycles. The Kier molecular flexibility index (Phi) is 4.64. The summed E-state index contributed by atoms with van der Waals surface area (Å²) >= 11 is 1.66. The lowest BCUT2D eigenvalue weighted by atomic mass is 10.0. The van der Waals surface area contributed by atoms with Crippen molar-refractivity contribution in [3.05, 3.63) is 47.0 Å². The molecule has 3 rings (SSSR count). The number of nitrogens with one attached hydrogen (secondary N) is 1. The summed E-state index contributed by atoms with van der Waals surface area (Å²) in [7, 11) is 0. The Labute approximate surface area is 144 Å². The first-order valence-corrected chi connectivity index (χ1v) is 8.95.